The first-order chi connectivity index (χ1) is 10.5. The number of benzene rings is 2. The van der Waals surface area contributed by atoms with Crippen LogP contribution in [0.25, 0.3) is 12.2 Å². The molecule has 0 radical (unpaired) electrons. The molecule has 2 aromatic rings. The zero-order valence-electron chi connectivity index (χ0n) is 12.4. The molecule has 0 aliphatic heterocycles. The van der Waals surface area contributed by atoms with Gasteiger partial charge in [0, 0.05) is 10.0 Å². The van der Waals surface area contributed by atoms with E-state index in [1.807, 2.05) is 50.2 Å². The summed E-state index contributed by atoms with van der Waals surface area (Å²) in [7, 11) is 0. The molecule has 0 saturated heterocycles. The van der Waals surface area contributed by atoms with E-state index < -0.39 is 0 Å². The molecule has 2 aromatic carbocycles. The maximum atomic E-state index is 11.9. The van der Waals surface area contributed by atoms with Gasteiger partial charge in [-0.1, -0.05) is 47.5 Å². The van der Waals surface area contributed by atoms with E-state index in [0.29, 0.717) is 10.0 Å². The Morgan fingerprint density at radius 3 is 1.59 bits per heavy atom. The lowest BCUT2D eigenvalue weighted by molar-refractivity contribution is -0.110. The largest absolute Gasteiger partial charge is 0.290 e. The van der Waals surface area contributed by atoms with Crippen LogP contribution in [0.2, 0.25) is 10.0 Å². The Balaban J connectivity index is 2.09. The predicted octanol–water partition coefficient (Wildman–Crippen LogP) is 5.91. The number of carbonyl (C=O) groups excluding carboxylic acids is 1. The molecule has 0 amide bonds. The van der Waals surface area contributed by atoms with E-state index in [2.05, 4.69) is 0 Å². The van der Waals surface area contributed by atoms with Gasteiger partial charge >= 0.3 is 0 Å². The van der Waals surface area contributed by atoms with E-state index in [1.54, 1.807) is 12.2 Å². The molecule has 1 nitrogen and oxygen atoms in total. The Kier molecular flexibility index (Phi) is 5.59. The van der Waals surface area contributed by atoms with Crippen molar-refractivity contribution in [2.45, 2.75) is 13.8 Å². The monoisotopic (exact) mass is 330 g/mol. The van der Waals surface area contributed by atoms with Gasteiger partial charge in [0.15, 0.2) is 5.78 Å². The lowest BCUT2D eigenvalue weighted by Gasteiger charge is -1.99. The topological polar surface area (TPSA) is 17.1 Å². The number of carbonyl (C=O) groups is 1. The molecule has 0 N–H and O–H groups in total. The summed E-state index contributed by atoms with van der Waals surface area (Å²) in [5.74, 6) is -0.117. The maximum Gasteiger partial charge on any atom is 0.178 e. The van der Waals surface area contributed by atoms with Gasteiger partial charge in [-0.15, -0.1) is 0 Å². The summed E-state index contributed by atoms with van der Waals surface area (Å²) in [6.45, 7) is 3.94. The second kappa shape index (κ2) is 7.44. The lowest BCUT2D eigenvalue weighted by Crippen LogP contribution is -1.86. The summed E-state index contributed by atoms with van der Waals surface area (Å²) in [6.07, 6.45) is 6.42. The van der Waals surface area contributed by atoms with Crippen LogP contribution in [-0.4, -0.2) is 5.78 Å². The number of allylic oxidation sites excluding steroid dienone is 2. The van der Waals surface area contributed by atoms with Crippen LogP contribution < -0.4 is 0 Å². The van der Waals surface area contributed by atoms with Crippen LogP contribution in [-0.2, 0) is 4.79 Å². The molecule has 0 unspecified atom stereocenters. The third-order valence-corrected chi connectivity index (χ3v) is 3.82. The van der Waals surface area contributed by atoms with Crippen molar-refractivity contribution in [2.24, 2.45) is 0 Å². The van der Waals surface area contributed by atoms with Crippen LogP contribution in [0.15, 0.2) is 48.6 Å². The van der Waals surface area contributed by atoms with Gasteiger partial charge in [0.25, 0.3) is 0 Å². The molecule has 0 saturated carbocycles. The molecular weight excluding hydrogens is 315 g/mol. The first-order valence-electron chi connectivity index (χ1n) is 6.88. The molecule has 0 aliphatic rings. The number of hydrogen-bond donors (Lipinski definition) is 0. The van der Waals surface area contributed by atoms with Crippen molar-refractivity contribution in [3.8, 4) is 0 Å². The summed E-state index contributed by atoms with van der Waals surface area (Å²) in [5, 5.41) is 1.27. The third-order valence-electron chi connectivity index (χ3n) is 3.17. The van der Waals surface area contributed by atoms with Crippen molar-refractivity contribution >= 4 is 41.1 Å². The van der Waals surface area contributed by atoms with Gasteiger partial charge in [-0.3, -0.25) is 4.79 Å². The maximum absolute atomic E-state index is 11.9. The van der Waals surface area contributed by atoms with Gasteiger partial charge in [-0.05, 0) is 72.5 Å². The van der Waals surface area contributed by atoms with E-state index in [9.17, 15) is 4.79 Å². The van der Waals surface area contributed by atoms with Gasteiger partial charge in [0.1, 0.15) is 0 Å². The van der Waals surface area contributed by atoms with Crippen molar-refractivity contribution in [3.63, 3.8) is 0 Å². The number of hydrogen-bond acceptors (Lipinski definition) is 1. The van der Waals surface area contributed by atoms with Crippen molar-refractivity contribution < 1.29 is 4.79 Å². The third kappa shape index (κ3) is 4.59. The molecular formula is C19H16Cl2O. The summed E-state index contributed by atoms with van der Waals surface area (Å²) < 4.78 is 0. The highest BCUT2D eigenvalue weighted by atomic mass is 35.5. The molecule has 112 valence electrons. The highest BCUT2D eigenvalue weighted by molar-refractivity contribution is 6.32. The molecule has 0 aliphatic carbocycles. The SMILES string of the molecule is Cc1ccc(C=CC(=O)C=Cc2ccc(C)cc2Cl)c(Cl)c1. The van der Waals surface area contributed by atoms with Crippen LogP contribution >= 0.6 is 23.2 Å². The zero-order valence-corrected chi connectivity index (χ0v) is 13.9. The van der Waals surface area contributed by atoms with Crippen molar-refractivity contribution in [1.82, 2.24) is 0 Å². The zero-order chi connectivity index (χ0) is 16.1. The molecule has 0 aromatic heterocycles. The van der Waals surface area contributed by atoms with Crippen LogP contribution in [0.4, 0.5) is 0 Å². The van der Waals surface area contributed by atoms with Crippen LogP contribution in [0.1, 0.15) is 22.3 Å². The summed E-state index contributed by atoms with van der Waals surface area (Å²) >= 11 is 12.2. The van der Waals surface area contributed by atoms with E-state index in [4.69, 9.17) is 23.2 Å². The number of rotatable bonds is 4. The van der Waals surface area contributed by atoms with Crippen LogP contribution in [0.3, 0.4) is 0 Å². The molecule has 2 rings (SSSR count). The minimum atomic E-state index is -0.117. The fourth-order valence-corrected chi connectivity index (χ4v) is 2.53. The van der Waals surface area contributed by atoms with E-state index >= 15 is 0 Å². The molecule has 0 bridgehead atoms. The quantitative estimate of drug-likeness (QED) is 0.637. The standard InChI is InChI=1S/C19H16Cl2O/c1-13-3-5-15(18(20)11-13)7-9-17(22)10-8-16-6-4-14(2)12-19(16)21/h3-12H,1-2H3. The first-order valence-corrected chi connectivity index (χ1v) is 7.64. The Morgan fingerprint density at radius 1 is 0.818 bits per heavy atom. The Hall–Kier alpha value is -1.83. The molecule has 0 fully saturated rings. The normalized spacial score (nSPS) is 11.5. The smallest absolute Gasteiger partial charge is 0.178 e. The number of halogens is 2. The number of ketones is 1. The fraction of sp³-hybridized carbons (Fsp3) is 0.105. The predicted molar refractivity (Wildman–Crippen MR) is 95.5 cm³/mol. The minimum Gasteiger partial charge on any atom is -0.290 e. The molecule has 22 heavy (non-hydrogen) atoms. The van der Waals surface area contributed by atoms with Crippen molar-refractivity contribution in [1.29, 1.82) is 0 Å². The van der Waals surface area contributed by atoms with Gasteiger partial charge in [0.2, 0.25) is 0 Å². The highest BCUT2D eigenvalue weighted by Crippen LogP contribution is 2.20. The summed E-state index contributed by atoms with van der Waals surface area (Å²) in [4.78, 5) is 11.9. The second-order valence-electron chi connectivity index (χ2n) is 5.12. The average molecular weight is 331 g/mol. The van der Waals surface area contributed by atoms with Crippen molar-refractivity contribution in [3.05, 3.63) is 80.8 Å². The Bertz CT molecular complexity index is 695. The van der Waals surface area contributed by atoms with Crippen LogP contribution in [0.5, 0.6) is 0 Å². The minimum absolute atomic E-state index is 0.117. The number of aryl methyl sites for hydroxylation is 2. The molecule has 0 atom stereocenters. The van der Waals surface area contributed by atoms with Gasteiger partial charge in [-0.2, -0.15) is 0 Å². The van der Waals surface area contributed by atoms with E-state index in [0.717, 1.165) is 22.3 Å². The van der Waals surface area contributed by atoms with Gasteiger partial charge in [-0.25, -0.2) is 0 Å². The second-order valence-corrected chi connectivity index (χ2v) is 5.93. The molecule has 0 spiro atoms. The summed E-state index contributed by atoms with van der Waals surface area (Å²) in [6, 6.07) is 11.4. The van der Waals surface area contributed by atoms with Gasteiger partial charge in [0.05, 0.1) is 0 Å². The van der Waals surface area contributed by atoms with Gasteiger partial charge < -0.3 is 0 Å². The first kappa shape index (κ1) is 16.5. The van der Waals surface area contributed by atoms with Crippen LogP contribution in [0, 0.1) is 13.8 Å². The summed E-state index contributed by atoms with van der Waals surface area (Å²) in [5.41, 5.74) is 3.81. The fourth-order valence-electron chi connectivity index (χ4n) is 1.93. The molecule has 3 heteroatoms. The van der Waals surface area contributed by atoms with E-state index in [1.165, 1.54) is 12.2 Å². The molecule has 0 heterocycles. The average Bonchev–Trinajstić information content (AvgIpc) is 2.45. The van der Waals surface area contributed by atoms with Crippen molar-refractivity contribution in [2.75, 3.05) is 0 Å². The Morgan fingerprint density at radius 2 is 1.23 bits per heavy atom. The highest BCUT2D eigenvalue weighted by Gasteiger charge is 1.99. The van der Waals surface area contributed by atoms with E-state index in [-0.39, 0.29) is 5.78 Å². The lowest BCUT2D eigenvalue weighted by atomic mass is 10.1. The Labute approximate surface area is 140 Å².